The van der Waals surface area contributed by atoms with Crippen molar-refractivity contribution in [3.05, 3.63) is 75.7 Å². The van der Waals surface area contributed by atoms with Gasteiger partial charge in [0.2, 0.25) is 12.7 Å². The molecule has 8 nitrogen and oxygen atoms in total. The normalized spacial score (nSPS) is 12.1. The van der Waals surface area contributed by atoms with Gasteiger partial charge in [0.1, 0.15) is 18.1 Å². The van der Waals surface area contributed by atoms with Crippen LogP contribution in [0.4, 0.5) is 10.5 Å². The lowest BCUT2D eigenvalue weighted by Crippen LogP contribution is -2.45. The molecular weight excluding hydrogens is 517 g/mol. The molecule has 0 unspecified atom stereocenters. The second kappa shape index (κ2) is 11.8. The van der Waals surface area contributed by atoms with Crippen LogP contribution in [0, 0.1) is 12.8 Å². The van der Waals surface area contributed by atoms with Gasteiger partial charge in [-0.1, -0.05) is 43.1 Å². The summed E-state index contributed by atoms with van der Waals surface area (Å²) in [7, 11) is 0. The van der Waals surface area contributed by atoms with Gasteiger partial charge in [-0.15, -0.1) is 0 Å². The van der Waals surface area contributed by atoms with Crippen molar-refractivity contribution in [2.24, 2.45) is 5.92 Å². The molecule has 2 aromatic carbocycles. The predicted molar refractivity (Wildman–Crippen MR) is 142 cm³/mol. The summed E-state index contributed by atoms with van der Waals surface area (Å²) in [6, 6.07) is 13.7. The van der Waals surface area contributed by atoms with Gasteiger partial charge in [-0.3, -0.25) is 4.79 Å². The Hall–Kier alpha value is -3.36. The quantitative estimate of drug-likeness (QED) is 0.339. The Kier molecular flexibility index (Phi) is 8.51. The molecule has 196 valence electrons. The maximum absolute atomic E-state index is 13.6. The number of nitrogens with one attached hydrogen (secondary N) is 1. The van der Waals surface area contributed by atoms with Crippen molar-refractivity contribution in [2.75, 3.05) is 25.2 Å². The number of rotatable bonds is 9. The van der Waals surface area contributed by atoms with Gasteiger partial charge in [-0.2, -0.15) is 0 Å². The maximum atomic E-state index is 13.6. The molecule has 0 saturated carbocycles. The Balaban J connectivity index is 1.53. The molecule has 1 aromatic heterocycles. The van der Waals surface area contributed by atoms with Crippen molar-refractivity contribution >= 4 is 40.8 Å². The first-order chi connectivity index (χ1) is 17.7. The van der Waals surface area contributed by atoms with Crippen LogP contribution in [0.25, 0.3) is 0 Å². The molecule has 3 aromatic rings. The van der Waals surface area contributed by atoms with Crippen LogP contribution in [-0.2, 0) is 17.9 Å². The maximum Gasteiger partial charge on any atom is 0.322 e. The summed E-state index contributed by atoms with van der Waals surface area (Å²) >= 11 is 12.2. The molecule has 0 saturated heterocycles. The van der Waals surface area contributed by atoms with Gasteiger partial charge >= 0.3 is 6.03 Å². The molecule has 0 atom stereocenters. The number of aryl methyl sites for hydroxylation is 1. The number of hydrogen-bond donors (Lipinski definition) is 1. The van der Waals surface area contributed by atoms with Crippen LogP contribution in [0.5, 0.6) is 11.5 Å². The average Bonchev–Trinajstić information content (AvgIpc) is 3.47. The highest BCUT2D eigenvalue weighted by molar-refractivity contribution is 6.36. The van der Waals surface area contributed by atoms with Crippen molar-refractivity contribution in [3.63, 3.8) is 0 Å². The number of hydrogen-bond acceptors (Lipinski definition) is 5. The fraction of sp³-hybridized carbons (Fsp3) is 0.333. The molecule has 4 rings (SSSR count). The molecule has 0 bridgehead atoms. The number of halogens is 2. The number of benzene rings is 2. The molecule has 1 N–H and O–H groups in total. The topological polar surface area (TPSA) is 84.2 Å². The highest BCUT2D eigenvalue weighted by Gasteiger charge is 2.25. The first-order valence-electron chi connectivity index (χ1n) is 11.9. The van der Waals surface area contributed by atoms with Crippen molar-refractivity contribution in [1.29, 1.82) is 0 Å². The van der Waals surface area contributed by atoms with Gasteiger partial charge in [0, 0.05) is 18.1 Å². The minimum atomic E-state index is -0.428. The van der Waals surface area contributed by atoms with E-state index in [1.54, 1.807) is 23.1 Å². The number of carbonyl (C=O) groups excluding carboxylic acids is 2. The molecule has 0 fully saturated rings. The highest BCUT2D eigenvalue weighted by Crippen LogP contribution is 2.33. The van der Waals surface area contributed by atoms with Crippen molar-refractivity contribution in [2.45, 2.75) is 33.9 Å². The van der Waals surface area contributed by atoms with Crippen LogP contribution >= 0.6 is 23.2 Å². The van der Waals surface area contributed by atoms with Crippen molar-refractivity contribution in [1.82, 2.24) is 9.80 Å². The summed E-state index contributed by atoms with van der Waals surface area (Å²) in [5.74, 6) is 2.62. The SMILES string of the molecule is Cc1ccc(CN(Cc2ccc3c(c2)OCO3)C(=O)CN(CC(C)C)C(=O)Nc2ccc(Cl)cc2Cl)o1. The van der Waals surface area contributed by atoms with E-state index in [1.165, 1.54) is 4.90 Å². The van der Waals surface area contributed by atoms with E-state index >= 15 is 0 Å². The number of furan rings is 1. The largest absolute Gasteiger partial charge is 0.464 e. The van der Waals surface area contributed by atoms with Crippen LogP contribution in [0.2, 0.25) is 10.0 Å². The molecule has 10 heteroatoms. The number of nitrogens with zero attached hydrogens (tertiary/aromatic N) is 2. The predicted octanol–water partition coefficient (Wildman–Crippen LogP) is 6.34. The summed E-state index contributed by atoms with van der Waals surface area (Å²) in [6.45, 7) is 6.79. The third-order valence-electron chi connectivity index (χ3n) is 5.68. The number of urea groups is 1. The smallest absolute Gasteiger partial charge is 0.322 e. The Morgan fingerprint density at radius 3 is 2.46 bits per heavy atom. The summed E-state index contributed by atoms with van der Waals surface area (Å²) < 4.78 is 16.6. The van der Waals surface area contributed by atoms with Crippen molar-refractivity contribution < 1.29 is 23.5 Å². The average molecular weight is 546 g/mol. The zero-order valence-corrected chi connectivity index (χ0v) is 22.4. The monoisotopic (exact) mass is 545 g/mol. The second-order valence-electron chi connectivity index (χ2n) is 9.28. The first kappa shape index (κ1) is 26.7. The van der Waals surface area contributed by atoms with Crippen LogP contribution < -0.4 is 14.8 Å². The molecule has 0 spiro atoms. The molecule has 0 radical (unpaired) electrons. The van der Waals surface area contributed by atoms with E-state index in [9.17, 15) is 9.59 Å². The third kappa shape index (κ3) is 7.11. The van der Waals surface area contributed by atoms with Gasteiger partial charge in [-0.05, 0) is 60.9 Å². The van der Waals surface area contributed by atoms with E-state index < -0.39 is 6.03 Å². The number of carbonyl (C=O) groups is 2. The van der Waals surface area contributed by atoms with Gasteiger partial charge in [0.25, 0.3) is 0 Å². The molecule has 0 aliphatic carbocycles. The molecule has 37 heavy (non-hydrogen) atoms. The number of fused-ring (bicyclic) bond motifs is 1. The van der Waals surface area contributed by atoms with E-state index in [0.717, 1.165) is 11.3 Å². The molecule has 1 aliphatic rings. The fourth-order valence-electron chi connectivity index (χ4n) is 3.96. The Labute approximate surface area is 226 Å². The van der Waals surface area contributed by atoms with Crippen LogP contribution in [0.1, 0.15) is 30.9 Å². The summed E-state index contributed by atoms with van der Waals surface area (Å²) in [4.78, 5) is 30.0. The van der Waals surface area contributed by atoms with Gasteiger partial charge in [0.15, 0.2) is 11.5 Å². The standard InChI is InChI=1S/C27H29Cl2N3O5/c1-17(2)12-32(27(34)30-23-8-6-20(28)11-22(23)29)15-26(33)31(14-21-7-4-18(3)37-21)13-19-5-9-24-25(10-19)36-16-35-24/h4-11,17H,12-16H2,1-3H3,(H,30,34). The zero-order chi connectivity index (χ0) is 26.5. The van der Waals surface area contributed by atoms with Crippen LogP contribution in [0.15, 0.2) is 52.9 Å². The van der Waals surface area contributed by atoms with Gasteiger partial charge in [0.05, 0.1) is 17.3 Å². The summed E-state index contributed by atoms with van der Waals surface area (Å²) in [6.07, 6.45) is 0. The van der Waals surface area contributed by atoms with E-state index in [4.69, 9.17) is 37.1 Å². The third-order valence-corrected chi connectivity index (χ3v) is 6.23. The Morgan fingerprint density at radius 1 is 0.973 bits per heavy atom. The van der Waals surface area contributed by atoms with Crippen LogP contribution in [0.3, 0.4) is 0 Å². The summed E-state index contributed by atoms with van der Waals surface area (Å²) in [5.41, 5.74) is 1.29. The molecule has 1 aliphatic heterocycles. The fourth-order valence-corrected chi connectivity index (χ4v) is 4.41. The van der Waals surface area contributed by atoms with E-state index in [-0.39, 0.29) is 31.7 Å². The lowest BCUT2D eigenvalue weighted by atomic mass is 10.1. The number of ether oxygens (including phenoxy) is 2. The number of anilines is 1. The second-order valence-corrected chi connectivity index (χ2v) is 10.1. The Bertz CT molecular complexity index is 1280. The molecule has 2 heterocycles. The Morgan fingerprint density at radius 2 is 1.76 bits per heavy atom. The van der Waals surface area contributed by atoms with E-state index in [2.05, 4.69) is 5.32 Å². The van der Waals surface area contributed by atoms with Gasteiger partial charge < -0.3 is 29.0 Å². The lowest BCUT2D eigenvalue weighted by molar-refractivity contribution is -0.133. The summed E-state index contributed by atoms with van der Waals surface area (Å²) in [5, 5.41) is 3.57. The van der Waals surface area contributed by atoms with E-state index in [1.807, 2.05) is 51.1 Å². The van der Waals surface area contributed by atoms with Crippen molar-refractivity contribution in [3.8, 4) is 11.5 Å². The number of amides is 3. The lowest BCUT2D eigenvalue weighted by Gasteiger charge is -2.28. The minimum absolute atomic E-state index is 0.126. The van der Waals surface area contributed by atoms with Gasteiger partial charge in [-0.25, -0.2) is 4.79 Å². The molecular formula is C27H29Cl2N3O5. The minimum Gasteiger partial charge on any atom is -0.464 e. The highest BCUT2D eigenvalue weighted by atomic mass is 35.5. The van der Waals surface area contributed by atoms with E-state index in [0.29, 0.717) is 46.1 Å². The van der Waals surface area contributed by atoms with Crippen LogP contribution in [-0.4, -0.2) is 41.6 Å². The first-order valence-corrected chi connectivity index (χ1v) is 12.7. The molecule has 3 amide bonds. The zero-order valence-electron chi connectivity index (χ0n) is 20.9.